The van der Waals surface area contributed by atoms with E-state index in [0.717, 1.165) is 25.8 Å². The van der Waals surface area contributed by atoms with Crippen molar-refractivity contribution in [2.24, 2.45) is 5.73 Å². The van der Waals surface area contributed by atoms with E-state index >= 15 is 0 Å². The van der Waals surface area contributed by atoms with Gasteiger partial charge in [0.2, 0.25) is 11.8 Å². The Morgan fingerprint density at radius 1 is 1.23 bits per heavy atom. The monoisotopic (exact) mass is 303 g/mol. The molecule has 2 rings (SSSR count). The molecule has 3 N–H and O–H groups in total. The first-order valence-corrected chi connectivity index (χ1v) is 7.43. The average molecular weight is 303 g/mol. The number of nitrogens with one attached hydrogen (secondary N) is 1. The predicted molar refractivity (Wildman–Crippen MR) is 82.3 cm³/mol. The third-order valence-electron chi connectivity index (χ3n) is 3.86. The number of hydrogen-bond donors (Lipinski definition) is 2. The summed E-state index contributed by atoms with van der Waals surface area (Å²) in [6.07, 6.45) is 2.75. The van der Waals surface area contributed by atoms with Crippen LogP contribution in [0, 0.1) is 0 Å². The summed E-state index contributed by atoms with van der Waals surface area (Å²) in [4.78, 5) is 36.8. The van der Waals surface area contributed by atoms with Gasteiger partial charge in [-0.3, -0.25) is 14.4 Å². The quantitative estimate of drug-likeness (QED) is 0.869. The summed E-state index contributed by atoms with van der Waals surface area (Å²) in [7, 11) is 0. The van der Waals surface area contributed by atoms with Crippen LogP contribution in [0.1, 0.15) is 46.9 Å². The first-order valence-electron chi connectivity index (χ1n) is 7.43. The Kier molecular flexibility index (Phi) is 5.14. The molecule has 1 heterocycles. The minimum absolute atomic E-state index is 0.0249. The number of primary amides is 1. The van der Waals surface area contributed by atoms with Gasteiger partial charge >= 0.3 is 0 Å². The van der Waals surface area contributed by atoms with Crippen molar-refractivity contribution < 1.29 is 14.4 Å². The summed E-state index contributed by atoms with van der Waals surface area (Å²) in [5.74, 6) is -0.790. The molecule has 1 aliphatic heterocycles. The molecule has 0 aromatic heterocycles. The molecule has 1 unspecified atom stereocenters. The fraction of sp³-hybridized carbons (Fsp3) is 0.438. The number of likely N-dealkylation sites (tertiary alicyclic amines) is 1. The summed E-state index contributed by atoms with van der Waals surface area (Å²) in [6, 6.07) is 6.25. The number of benzene rings is 1. The number of rotatable bonds is 3. The summed E-state index contributed by atoms with van der Waals surface area (Å²) in [5, 5.41) is 2.94. The van der Waals surface area contributed by atoms with Crippen LogP contribution in [0.2, 0.25) is 0 Å². The Balaban J connectivity index is 2.05. The Morgan fingerprint density at radius 3 is 2.64 bits per heavy atom. The molecule has 1 aromatic rings. The van der Waals surface area contributed by atoms with Crippen molar-refractivity contribution in [1.29, 1.82) is 0 Å². The molecule has 6 nitrogen and oxygen atoms in total. The number of carbonyl (C=O) groups excluding carboxylic acids is 3. The standard InChI is InChI=1S/C16H21N3O3/c1-11(20)19-8-3-2-7-14(10-19)18-16(22)13-6-4-5-12(9-13)15(17)21/h4-6,9,14H,2-3,7-8,10H2,1H3,(H2,17,21)(H,18,22). The number of amides is 3. The van der Waals surface area contributed by atoms with Gasteiger partial charge in [-0.25, -0.2) is 0 Å². The van der Waals surface area contributed by atoms with E-state index in [2.05, 4.69) is 5.32 Å². The maximum Gasteiger partial charge on any atom is 0.251 e. The number of carbonyl (C=O) groups is 3. The van der Waals surface area contributed by atoms with E-state index < -0.39 is 5.91 Å². The number of hydrogen-bond acceptors (Lipinski definition) is 3. The van der Waals surface area contributed by atoms with Crippen LogP contribution in [0.3, 0.4) is 0 Å². The van der Waals surface area contributed by atoms with Gasteiger partial charge in [-0.2, -0.15) is 0 Å². The van der Waals surface area contributed by atoms with Crippen molar-refractivity contribution in [2.75, 3.05) is 13.1 Å². The minimum atomic E-state index is -0.563. The van der Waals surface area contributed by atoms with Gasteiger partial charge in [-0.05, 0) is 37.5 Å². The maximum absolute atomic E-state index is 12.3. The lowest BCUT2D eigenvalue weighted by Gasteiger charge is -2.24. The van der Waals surface area contributed by atoms with Crippen molar-refractivity contribution in [3.05, 3.63) is 35.4 Å². The Morgan fingerprint density at radius 2 is 1.95 bits per heavy atom. The molecule has 0 aliphatic carbocycles. The van der Waals surface area contributed by atoms with E-state index in [9.17, 15) is 14.4 Å². The second kappa shape index (κ2) is 7.06. The van der Waals surface area contributed by atoms with Crippen molar-refractivity contribution in [3.63, 3.8) is 0 Å². The lowest BCUT2D eigenvalue weighted by Crippen LogP contribution is -2.44. The highest BCUT2D eigenvalue weighted by atomic mass is 16.2. The molecule has 1 aromatic carbocycles. The molecule has 0 radical (unpaired) electrons. The zero-order chi connectivity index (χ0) is 16.1. The molecule has 6 heteroatoms. The third kappa shape index (κ3) is 4.07. The van der Waals surface area contributed by atoms with Gasteiger partial charge in [0, 0.05) is 37.2 Å². The van der Waals surface area contributed by atoms with Gasteiger partial charge in [0.15, 0.2) is 0 Å². The molecule has 118 valence electrons. The summed E-state index contributed by atoms with van der Waals surface area (Å²) in [6.45, 7) is 2.80. The first kappa shape index (κ1) is 16.0. The Labute approximate surface area is 129 Å². The first-order chi connectivity index (χ1) is 10.5. The van der Waals surface area contributed by atoms with Crippen LogP contribution < -0.4 is 11.1 Å². The summed E-state index contributed by atoms with van der Waals surface area (Å²) < 4.78 is 0. The molecule has 0 saturated carbocycles. The predicted octanol–water partition coefficient (Wildman–Crippen LogP) is 0.916. The molecule has 1 fully saturated rings. The van der Waals surface area contributed by atoms with Gasteiger partial charge in [-0.15, -0.1) is 0 Å². The van der Waals surface area contributed by atoms with Crippen LogP contribution in [0.15, 0.2) is 24.3 Å². The van der Waals surface area contributed by atoms with Crippen LogP contribution in [0.4, 0.5) is 0 Å². The van der Waals surface area contributed by atoms with Crippen LogP contribution in [0.5, 0.6) is 0 Å². The highest BCUT2D eigenvalue weighted by molar-refractivity contribution is 5.99. The van der Waals surface area contributed by atoms with Crippen LogP contribution in [-0.4, -0.2) is 41.8 Å². The van der Waals surface area contributed by atoms with Crippen molar-refractivity contribution in [2.45, 2.75) is 32.2 Å². The molecule has 22 heavy (non-hydrogen) atoms. The smallest absolute Gasteiger partial charge is 0.251 e. The molecule has 0 spiro atoms. The highest BCUT2D eigenvalue weighted by Crippen LogP contribution is 2.12. The van der Waals surface area contributed by atoms with Crippen LogP contribution in [-0.2, 0) is 4.79 Å². The summed E-state index contributed by atoms with van der Waals surface area (Å²) >= 11 is 0. The van der Waals surface area contributed by atoms with Crippen LogP contribution in [0.25, 0.3) is 0 Å². The molecular formula is C16H21N3O3. The zero-order valence-electron chi connectivity index (χ0n) is 12.7. The topological polar surface area (TPSA) is 92.5 Å². The van der Waals surface area contributed by atoms with E-state index in [1.807, 2.05) is 0 Å². The second-order valence-corrected chi connectivity index (χ2v) is 5.58. The van der Waals surface area contributed by atoms with E-state index in [0.29, 0.717) is 17.7 Å². The van der Waals surface area contributed by atoms with Gasteiger partial charge in [-0.1, -0.05) is 6.07 Å². The van der Waals surface area contributed by atoms with Gasteiger partial charge in [0.25, 0.3) is 5.91 Å². The highest BCUT2D eigenvalue weighted by Gasteiger charge is 2.21. The number of nitrogens with zero attached hydrogens (tertiary/aromatic N) is 1. The Bertz CT molecular complexity index is 586. The zero-order valence-corrected chi connectivity index (χ0v) is 12.7. The van der Waals surface area contributed by atoms with Gasteiger partial charge < -0.3 is 16.0 Å². The fourth-order valence-corrected chi connectivity index (χ4v) is 2.63. The number of nitrogens with two attached hydrogens (primary N) is 1. The lowest BCUT2D eigenvalue weighted by molar-refractivity contribution is -0.129. The molecule has 1 aliphatic rings. The van der Waals surface area contributed by atoms with Crippen molar-refractivity contribution >= 4 is 17.7 Å². The second-order valence-electron chi connectivity index (χ2n) is 5.58. The third-order valence-corrected chi connectivity index (χ3v) is 3.86. The SMILES string of the molecule is CC(=O)N1CCCCC(NC(=O)c2cccc(C(N)=O)c2)C1. The molecule has 1 saturated heterocycles. The Hall–Kier alpha value is -2.37. The molecule has 0 bridgehead atoms. The largest absolute Gasteiger partial charge is 0.366 e. The van der Waals surface area contributed by atoms with Crippen molar-refractivity contribution in [1.82, 2.24) is 10.2 Å². The molecule has 3 amide bonds. The van der Waals surface area contributed by atoms with E-state index in [4.69, 9.17) is 5.73 Å². The fourth-order valence-electron chi connectivity index (χ4n) is 2.63. The van der Waals surface area contributed by atoms with E-state index in [1.54, 1.807) is 30.0 Å². The maximum atomic E-state index is 12.3. The van der Waals surface area contributed by atoms with E-state index in [-0.39, 0.29) is 17.9 Å². The van der Waals surface area contributed by atoms with Crippen LogP contribution >= 0.6 is 0 Å². The van der Waals surface area contributed by atoms with E-state index in [1.165, 1.54) is 6.07 Å². The van der Waals surface area contributed by atoms with Gasteiger partial charge in [0.05, 0.1) is 0 Å². The minimum Gasteiger partial charge on any atom is -0.366 e. The average Bonchev–Trinajstić information content (AvgIpc) is 2.73. The molecular weight excluding hydrogens is 282 g/mol. The molecule has 1 atom stereocenters. The lowest BCUT2D eigenvalue weighted by atomic mass is 10.1. The normalized spacial score (nSPS) is 18.4. The summed E-state index contributed by atoms with van der Waals surface area (Å²) in [5.41, 5.74) is 5.93. The van der Waals surface area contributed by atoms with Crippen molar-refractivity contribution in [3.8, 4) is 0 Å². The van der Waals surface area contributed by atoms with Gasteiger partial charge in [0.1, 0.15) is 0 Å².